The molecule has 1 heterocycles. The second-order valence-electron chi connectivity index (χ2n) is 4.99. The molecule has 1 fully saturated rings. The highest BCUT2D eigenvalue weighted by Gasteiger charge is 2.24. The molecule has 4 heteroatoms. The molecule has 0 aromatic carbocycles. The highest BCUT2D eigenvalue weighted by atomic mass is 16.3. The Morgan fingerprint density at radius 1 is 1.53 bits per heavy atom. The Kier molecular flexibility index (Phi) is 4.18. The molecular formula is C13H23N3O. The van der Waals surface area contributed by atoms with Crippen molar-refractivity contribution in [2.75, 3.05) is 6.54 Å². The summed E-state index contributed by atoms with van der Waals surface area (Å²) in [6.45, 7) is 3.87. The van der Waals surface area contributed by atoms with Gasteiger partial charge in [-0.1, -0.05) is 13.3 Å². The average molecular weight is 237 g/mol. The van der Waals surface area contributed by atoms with E-state index in [1.165, 1.54) is 12.1 Å². The molecule has 0 amide bonds. The second-order valence-corrected chi connectivity index (χ2v) is 4.99. The van der Waals surface area contributed by atoms with Crippen LogP contribution in [0.4, 0.5) is 0 Å². The summed E-state index contributed by atoms with van der Waals surface area (Å²) >= 11 is 0. The highest BCUT2D eigenvalue weighted by Crippen LogP contribution is 2.24. The summed E-state index contributed by atoms with van der Waals surface area (Å²) < 4.78 is 1.94. The van der Waals surface area contributed by atoms with Gasteiger partial charge in [0.2, 0.25) is 0 Å². The number of nitrogens with one attached hydrogen (secondary N) is 1. The fourth-order valence-corrected chi connectivity index (χ4v) is 2.55. The zero-order valence-corrected chi connectivity index (χ0v) is 10.8. The van der Waals surface area contributed by atoms with Crippen molar-refractivity contribution < 1.29 is 5.11 Å². The molecule has 2 rings (SSSR count). The van der Waals surface area contributed by atoms with Gasteiger partial charge >= 0.3 is 0 Å². The van der Waals surface area contributed by atoms with Gasteiger partial charge in [0.25, 0.3) is 0 Å². The largest absolute Gasteiger partial charge is 0.393 e. The van der Waals surface area contributed by atoms with Crippen molar-refractivity contribution in [2.45, 2.75) is 45.3 Å². The summed E-state index contributed by atoms with van der Waals surface area (Å²) in [7, 11) is 1.99. The minimum Gasteiger partial charge on any atom is -0.393 e. The van der Waals surface area contributed by atoms with Crippen LogP contribution in [0.3, 0.4) is 0 Å². The van der Waals surface area contributed by atoms with E-state index in [1.807, 2.05) is 11.7 Å². The molecule has 0 radical (unpaired) electrons. The molecule has 17 heavy (non-hydrogen) atoms. The Balaban J connectivity index is 1.79. The normalized spacial score (nSPS) is 24.4. The van der Waals surface area contributed by atoms with E-state index < -0.39 is 0 Å². The SMILES string of the molecule is CCc1cc(CNCC2CCCC2O)n(C)n1. The minimum atomic E-state index is -0.0970. The molecule has 1 saturated carbocycles. The lowest BCUT2D eigenvalue weighted by atomic mass is 10.1. The first-order valence-electron chi connectivity index (χ1n) is 6.61. The van der Waals surface area contributed by atoms with Gasteiger partial charge in [-0.15, -0.1) is 0 Å². The van der Waals surface area contributed by atoms with Gasteiger partial charge in [-0.05, 0) is 31.2 Å². The molecule has 0 bridgehead atoms. The Morgan fingerprint density at radius 3 is 2.94 bits per heavy atom. The lowest BCUT2D eigenvalue weighted by Gasteiger charge is -2.14. The summed E-state index contributed by atoms with van der Waals surface area (Å²) in [5, 5.41) is 17.6. The number of aromatic nitrogens is 2. The average Bonchev–Trinajstić information content (AvgIpc) is 2.87. The number of aliphatic hydroxyl groups excluding tert-OH is 1. The molecule has 2 atom stereocenters. The van der Waals surface area contributed by atoms with Gasteiger partial charge in [-0.2, -0.15) is 5.10 Å². The fraction of sp³-hybridized carbons (Fsp3) is 0.769. The molecule has 4 nitrogen and oxygen atoms in total. The standard InChI is InChI=1S/C13H23N3O/c1-3-11-7-12(16(2)15-11)9-14-8-10-5-4-6-13(10)17/h7,10,13-14,17H,3-6,8-9H2,1-2H3. The van der Waals surface area contributed by atoms with Crippen LogP contribution >= 0.6 is 0 Å². The highest BCUT2D eigenvalue weighted by molar-refractivity contribution is 5.09. The molecule has 0 aliphatic heterocycles. The molecule has 1 aromatic rings. The summed E-state index contributed by atoms with van der Waals surface area (Å²) in [4.78, 5) is 0. The summed E-state index contributed by atoms with van der Waals surface area (Å²) in [6.07, 6.45) is 4.17. The van der Waals surface area contributed by atoms with Crippen molar-refractivity contribution in [2.24, 2.45) is 13.0 Å². The zero-order valence-electron chi connectivity index (χ0n) is 10.8. The number of aliphatic hydroxyl groups is 1. The Labute approximate surface area is 103 Å². The van der Waals surface area contributed by atoms with Crippen LogP contribution in [0.15, 0.2) is 6.07 Å². The van der Waals surface area contributed by atoms with Crippen LogP contribution in [-0.2, 0) is 20.0 Å². The smallest absolute Gasteiger partial charge is 0.0625 e. The van der Waals surface area contributed by atoms with E-state index in [2.05, 4.69) is 23.4 Å². The topological polar surface area (TPSA) is 50.1 Å². The van der Waals surface area contributed by atoms with Gasteiger partial charge in [-0.25, -0.2) is 0 Å². The molecular weight excluding hydrogens is 214 g/mol. The van der Waals surface area contributed by atoms with Gasteiger partial charge in [0, 0.05) is 20.1 Å². The second kappa shape index (κ2) is 5.65. The van der Waals surface area contributed by atoms with Crippen LogP contribution in [0.5, 0.6) is 0 Å². The summed E-state index contributed by atoms with van der Waals surface area (Å²) in [6, 6.07) is 2.15. The summed E-state index contributed by atoms with van der Waals surface area (Å²) in [5.41, 5.74) is 2.36. The van der Waals surface area contributed by atoms with E-state index >= 15 is 0 Å². The Hall–Kier alpha value is -0.870. The van der Waals surface area contributed by atoms with Crippen LogP contribution in [0, 0.1) is 5.92 Å². The van der Waals surface area contributed by atoms with E-state index in [9.17, 15) is 5.11 Å². The van der Waals surface area contributed by atoms with Crippen LogP contribution in [0.25, 0.3) is 0 Å². The zero-order chi connectivity index (χ0) is 12.3. The molecule has 0 spiro atoms. The third kappa shape index (κ3) is 3.07. The summed E-state index contributed by atoms with van der Waals surface area (Å²) in [5.74, 6) is 0.439. The van der Waals surface area contributed by atoms with Gasteiger partial charge in [-0.3, -0.25) is 4.68 Å². The maximum atomic E-state index is 9.73. The molecule has 96 valence electrons. The monoisotopic (exact) mass is 237 g/mol. The van der Waals surface area contributed by atoms with E-state index in [4.69, 9.17) is 0 Å². The van der Waals surface area contributed by atoms with Gasteiger partial charge in [0.05, 0.1) is 17.5 Å². The third-order valence-corrected chi connectivity index (χ3v) is 3.72. The van der Waals surface area contributed by atoms with Crippen molar-refractivity contribution in [1.82, 2.24) is 15.1 Å². The van der Waals surface area contributed by atoms with Crippen molar-refractivity contribution in [1.29, 1.82) is 0 Å². The number of hydrogen-bond donors (Lipinski definition) is 2. The van der Waals surface area contributed by atoms with Gasteiger partial charge in [0.1, 0.15) is 0 Å². The number of aryl methyl sites for hydroxylation is 2. The molecule has 0 saturated heterocycles. The van der Waals surface area contributed by atoms with Crippen LogP contribution in [-0.4, -0.2) is 27.5 Å². The maximum Gasteiger partial charge on any atom is 0.0625 e. The van der Waals surface area contributed by atoms with Crippen LogP contribution < -0.4 is 5.32 Å². The lowest BCUT2D eigenvalue weighted by molar-refractivity contribution is 0.131. The third-order valence-electron chi connectivity index (χ3n) is 3.72. The van der Waals surface area contributed by atoms with Crippen molar-refractivity contribution >= 4 is 0 Å². The quantitative estimate of drug-likeness (QED) is 0.810. The molecule has 1 aromatic heterocycles. The first kappa shape index (κ1) is 12.6. The predicted molar refractivity (Wildman–Crippen MR) is 67.6 cm³/mol. The first-order valence-corrected chi connectivity index (χ1v) is 6.61. The lowest BCUT2D eigenvalue weighted by Crippen LogP contribution is -2.28. The number of hydrogen-bond acceptors (Lipinski definition) is 3. The maximum absolute atomic E-state index is 9.73. The predicted octanol–water partition coefficient (Wildman–Crippen LogP) is 1.23. The van der Waals surface area contributed by atoms with E-state index in [0.717, 1.165) is 38.0 Å². The number of nitrogens with zero attached hydrogens (tertiary/aromatic N) is 2. The minimum absolute atomic E-state index is 0.0970. The van der Waals surface area contributed by atoms with Crippen molar-refractivity contribution in [3.63, 3.8) is 0 Å². The van der Waals surface area contributed by atoms with Gasteiger partial charge in [0.15, 0.2) is 0 Å². The molecule has 2 unspecified atom stereocenters. The fourth-order valence-electron chi connectivity index (χ4n) is 2.55. The van der Waals surface area contributed by atoms with Crippen molar-refractivity contribution in [3.05, 3.63) is 17.5 Å². The molecule has 1 aliphatic rings. The van der Waals surface area contributed by atoms with Crippen LogP contribution in [0.2, 0.25) is 0 Å². The molecule has 2 N–H and O–H groups in total. The van der Waals surface area contributed by atoms with Gasteiger partial charge < -0.3 is 10.4 Å². The number of rotatable bonds is 5. The van der Waals surface area contributed by atoms with E-state index in [-0.39, 0.29) is 6.10 Å². The first-order chi connectivity index (χ1) is 8.20. The van der Waals surface area contributed by atoms with Crippen LogP contribution in [0.1, 0.15) is 37.6 Å². The van der Waals surface area contributed by atoms with E-state index in [0.29, 0.717) is 5.92 Å². The van der Waals surface area contributed by atoms with E-state index in [1.54, 1.807) is 0 Å². The Bertz CT molecular complexity index is 362. The Morgan fingerprint density at radius 2 is 2.35 bits per heavy atom. The van der Waals surface area contributed by atoms with Crippen molar-refractivity contribution in [3.8, 4) is 0 Å². The molecule has 1 aliphatic carbocycles.